The normalized spacial score (nSPS) is 10.6. The third-order valence-corrected chi connectivity index (χ3v) is 3.54. The minimum Gasteiger partial charge on any atom is -0.443 e. The van der Waals surface area contributed by atoms with Gasteiger partial charge in [0.25, 0.3) is 0 Å². The van der Waals surface area contributed by atoms with Crippen LogP contribution in [0.3, 0.4) is 0 Å². The summed E-state index contributed by atoms with van der Waals surface area (Å²) in [6, 6.07) is 7.96. The maximum atomic E-state index is 8.55. The number of hydrogen-bond donors (Lipinski definition) is 0. The lowest BCUT2D eigenvalue weighted by Gasteiger charge is -1.95. The van der Waals surface area contributed by atoms with Crippen molar-refractivity contribution in [3.05, 3.63) is 35.0 Å². The first-order valence-corrected chi connectivity index (χ1v) is 6.40. The summed E-state index contributed by atoms with van der Waals surface area (Å²) in [5.74, 6) is 0. The molecule has 2 heterocycles. The average molecular weight is 255 g/mol. The van der Waals surface area contributed by atoms with Gasteiger partial charge in [0.15, 0.2) is 12.0 Å². The van der Waals surface area contributed by atoms with Gasteiger partial charge < -0.3 is 4.42 Å². The second-order valence-electron chi connectivity index (χ2n) is 3.82. The largest absolute Gasteiger partial charge is 0.443 e. The van der Waals surface area contributed by atoms with Crippen LogP contribution in [0, 0.1) is 11.3 Å². The van der Waals surface area contributed by atoms with E-state index in [4.69, 9.17) is 9.68 Å². The zero-order valence-corrected chi connectivity index (χ0v) is 10.3. The van der Waals surface area contributed by atoms with Crippen molar-refractivity contribution in [2.24, 2.45) is 0 Å². The highest BCUT2D eigenvalue weighted by atomic mass is 32.1. The van der Waals surface area contributed by atoms with E-state index in [2.05, 4.69) is 16.0 Å². The van der Waals surface area contributed by atoms with Crippen LogP contribution >= 0.6 is 11.3 Å². The minimum absolute atomic E-state index is 0.508. The number of rotatable bonds is 3. The van der Waals surface area contributed by atoms with Crippen molar-refractivity contribution in [1.29, 1.82) is 5.26 Å². The van der Waals surface area contributed by atoms with Crippen LogP contribution in [0.15, 0.2) is 34.4 Å². The Labute approximate surface area is 108 Å². The molecule has 88 valence electrons. The van der Waals surface area contributed by atoms with Gasteiger partial charge in [-0.2, -0.15) is 5.26 Å². The Morgan fingerprint density at radius 2 is 2.33 bits per heavy atom. The molecule has 2 aromatic heterocycles. The van der Waals surface area contributed by atoms with Crippen molar-refractivity contribution < 1.29 is 4.42 Å². The van der Waals surface area contributed by atoms with Crippen LogP contribution < -0.4 is 0 Å². The second-order valence-corrected chi connectivity index (χ2v) is 4.76. The summed E-state index contributed by atoms with van der Waals surface area (Å²) >= 11 is 1.58. The Balaban J connectivity index is 1.93. The third kappa shape index (κ3) is 1.98. The molecule has 0 bridgehead atoms. The molecule has 0 radical (unpaired) electrons. The van der Waals surface area contributed by atoms with Crippen molar-refractivity contribution in [3.63, 3.8) is 0 Å². The predicted octanol–water partition coefficient (Wildman–Crippen LogP) is 3.41. The van der Waals surface area contributed by atoms with Crippen LogP contribution in [0.4, 0.5) is 0 Å². The van der Waals surface area contributed by atoms with Gasteiger partial charge in [-0.25, -0.2) is 9.97 Å². The van der Waals surface area contributed by atoms with Crippen LogP contribution in [0.2, 0.25) is 0 Å². The van der Waals surface area contributed by atoms with Crippen LogP contribution in [0.1, 0.15) is 11.4 Å². The lowest BCUT2D eigenvalue weighted by atomic mass is 10.1. The monoisotopic (exact) mass is 255 g/mol. The van der Waals surface area contributed by atoms with Crippen molar-refractivity contribution in [3.8, 4) is 17.3 Å². The molecule has 0 saturated carbocycles. The molecule has 0 saturated heterocycles. The number of aromatic nitrogens is 2. The number of oxazole rings is 1. The molecular weight excluding hydrogens is 246 g/mol. The quantitative estimate of drug-likeness (QED) is 0.719. The summed E-state index contributed by atoms with van der Waals surface area (Å²) < 4.78 is 5.27. The van der Waals surface area contributed by atoms with E-state index in [9.17, 15) is 0 Å². The van der Waals surface area contributed by atoms with Gasteiger partial charge in [0.1, 0.15) is 5.52 Å². The smallest absolute Gasteiger partial charge is 0.181 e. The standard InChI is InChI=1S/C13H9N3OS/c14-5-1-2-13-16-11(7-18-13)9-3-4-10-12(6-9)17-8-15-10/h3-4,6-8H,1-2H2. The molecular formula is C13H9N3OS. The summed E-state index contributed by atoms with van der Waals surface area (Å²) in [5, 5.41) is 11.5. The molecule has 0 fully saturated rings. The van der Waals surface area contributed by atoms with Crippen molar-refractivity contribution in [2.75, 3.05) is 0 Å². The van der Waals surface area contributed by atoms with Crippen LogP contribution in [0.5, 0.6) is 0 Å². The summed E-state index contributed by atoms with van der Waals surface area (Å²) in [5.41, 5.74) is 3.54. The van der Waals surface area contributed by atoms with Crippen LogP contribution in [0.25, 0.3) is 22.4 Å². The summed E-state index contributed by atoms with van der Waals surface area (Å²) in [7, 11) is 0. The SMILES string of the molecule is N#CCCc1nc(-c2ccc3ncoc3c2)cs1. The van der Waals surface area contributed by atoms with Gasteiger partial charge >= 0.3 is 0 Å². The zero-order valence-electron chi connectivity index (χ0n) is 9.46. The Morgan fingerprint density at radius 3 is 3.22 bits per heavy atom. The summed E-state index contributed by atoms with van der Waals surface area (Å²) in [4.78, 5) is 8.59. The number of nitriles is 1. The lowest BCUT2D eigenvalue weighted by Crippen LogP contribution is -1.83. The lowest BCUT2D eigenvalue weighted by molar-refractivity contribution is 0.602. The van der Waals surface area contributed by atoms with Gasteiger partial charge in [-0.15, -0.1) is 11.3 Å². The first kappa shape index (κ1) is 10.9. The highest BCUT2D eigenvalue weighted by Gasteiger charge is 2.07. The highest BCUT2D eigenvalue weighted by Crippen LogP contribution is 2.25. The maximum Gasteiger partial charge on any atom is 0.181 e. The molecule has 0 spiro atoms. The molecule has 0 aliphatic carbocycles. The van der Waals surface area contributed by atoms with E-state index in [0.717, 1.165) is 27.4 Å². The number of aryl methyl sites for hydroxylation is 1. The Hall–Kier alpha value is -2.19. The van der Waals surface area contributed by atoms with Crippen molar-refractivity contribution >= 4 is 22.4 Å². The molecule has 0 amide bonds. The van der Waals surface area contributed by atoms with Gasteiger partial charge in [0.05, 0.1) is 16.8 Å². The van der Waals surface area contributed by atoms with E-state index in [1.54, 1.807) is 11.3 Å². The van der Waals surface area contributed by atoms with E-state index in [1.165, 1.54) is 6.39 Å². The minimum atomic E-state index is 0.508. The van der Waals surface area contributed by atoms with Gasteiger partial charge in [-0.1, -0.05) is 6.07 Å². The van der Waals surface area contributed by atoms with E-state index in [1.807, 2.05) is 23.6 Å². The molecule has 18 heavy (non-hydrogen) atoms. The number of fused-ring (bicyclic) bond motifs is 1. The van der Waals surface area contributed by atoms with E-state index in [0.29, 0.717) is 12.8 Å². The number of thiazole rings is 1. The zero-order chi connectivity index (χ0) is 12.4. The van der Waals surface area contributed by atoms with Crippen molar-refractivity contribution in [2.45, 2.75) is 12.8 Å². The topological polar surface area (TPSA) is 62.7 Å². The summed E-state index contributed by atoms with van der Waals surface area (Å²) in [6.07, 6.45) is 2.66. The first-order chi connectivity index (χ1) is 8.86. The molecule has 0 unspecified atom stereocenters. The van der Waals surface area contributed by atoms with Crippen molar-refractivity contribution in [1.82, 2.24) is 9.97 Å². The van der Waals surface area contributed by atoms with Gasteiger partial charge in [-0.05, 0) is 12.1 Å². The molecule has 0 aliphatic heterocycles. The van der Waals surface area contributed by atoms with Gasteiger partial charge in [-0.3, -0.25) is 0 Å². The van der Waals surface area contributed by atoms with Gasteiger partial charge in [0, 0.05) is 23.8 Å². The Bertz CT molecular complexity index is 723. The van der Waals surface area contributed by atoms with E-state index in [-0.39, 0.29) is 0 Å². The van der Waals surface area contributed by atoms with Crippen LogP contribution in [-0.4, -0.2) is 9.97 Å². The van der Waals surface area contributed by atoms with Gasteiger partial charge in [0.2, 0.25) is 0 Å². The maximum absolute atomic E-state index is 8.55. The highest BCUT2D eigenvalue weighted by molar-refractivity contribution is 7.09. The molecule has 0 N–H and O–H groups in total. The molecule has 0 aliphatic rings. The Morgan fingerprint density at radius 1 is 1.39 bits per heavy atom. The molecule has 0 atom stereocenters. The molecule has 3 rings (SSSR count). The molecule has 5 heteroatoms. The fourth-order valence-electron chi connectivity index (χ4n) is 1.74. The molecule has 4 nitrogen and oxygen atoms in total. The molecule has 1 aromatic carbocycles. The molecule has 3 aromatic rings. The number of nitrogens with zero attached hydrogens (tertiary/aromatic N) is 3. The first-order valence-electron chi connectivity index (χ1n) is 5.52. The average Bonchev–Trinajstić information content (AvgIpc) is 3.04. The fourth-order valence-corrected chi connectivity index (χ4v) is 2.54. The van der Waals surface area contributed by atoms with E-state index < -0.39 is 0 Å². The van der Waals surface area contributed by atoms with E-state index >= 15 is 0 Å². The fraction of sp³-hybridized carbons (Fsp3) is 0.154. The predicted molar refractivity (Wildman–Crippen MR) is 69.1 cm³/mol. The third-order valence-electron chi connectivity index (χ3n) is 2.63. The Kier molecular flexibility index (Phi) is 2.79. The number of benzene rings is 1. The number of hydrogen-bond acceptors (Lipinski definition) is 5. The van der Waals surface area contributed by atoms with Crippen LogP contribution in [-0.2, 0) is 6.42 Å². The second kappa shape index (κ2) is 4.59. The summed E-state index contributed by atoms with van der Waals surface area (Å²) in [6.45, 7) is 0.